The summed E-state index contributed by atoms with van der Waals surface area (Å²) in [6.45, 7) is 11.2. The van der Waals surface area contributed by atoms with Crippen LogP contribution in [0.5, 0.6) is 0 Å². The van der Waals surface area contributed by atoms with Gasteiger partial charge in [-0.25, -0.2) is 0 Å². The molecular formula is C14H30N2O4. The Morgan fingerprint density at radius 2 is 1.55 bits per heavy atom. The third-order valence-electron chi connectivity index (χ3n) is 2.86. The van der Waals surface area contributed by atoms with Gasteiger partial charge in [0.15, 0.2) is 0 Å². The van der Waals surface area contributed by atoms with E-state index in [0.717, 1.165) is 19.6 Å². The Morgan fingerprint density at radius 1 is 1.00 bits per heavy atom. The molecule has 0 amide bonds. The summed E-state index contributed by atoms with van der Waals surface area (Å²) in [4.78, 5) is 13.7. The van der Waals surface area contributed by atoms with Crippen LogP contribution in [0.1, 0.15) is 27.2 Å². The summed E-state index contributed by atoms with van der Waals surface area (Å²) in [7, 11) is 0. The Kier molecular flexibility index (Phi) is 12.8. The summed E-state index contributed by atoms with van der Waals surface area (Å²) in [5.74, 6) is -0.331. The molecule has 1 atom stereocenters. The van der Waals surface area contributed by atoms with E-state index in [1.54, 1.807) is 6.92 Å². The van der Waals surface area contributed by atoms with Gasteiger partial charge in [-0.2, -0.15) is 0 Å². The number of hydrogen-bond donors (Lipinski definition) is 1. The van der Waals surface area contributed by atoms with E-state index in [1.807, 2.05) is 13.8 Å². The second-order valence-corrected chi connectivity index (χ2v) is 4.38. The lowest BCUT2D eigenvalue weighted by atomic mass is 10.2. The lowest BCUT2D eigenvalue weighted by molar-refractivity contribution is -0.144. The first-order chi connectivity index (χ1) is 9.65. The van der Waals surface area contributed by atoms with Gasteiger partial charge < -0.3 is 19.9 Å². The van der Waals surface area contributed by atoms with Gasteiger partial charge in [-0.1, -0.05) is 0 Å². The van der Waals surface area contributed by atoms with Crippen LogP contribution in [0.4, 0.5) is 0 Å². The highest BCUT2D eigenvalue weighted by Gasteiger charge is 2.16. The second-order valence-electron chi connectivity index (χ2n) is 4.38. The predicted octanol–water partition coefficient (Wildman–Crippen LogP) is 0.642. The Hall–Kier alpha value is -0.690. The van der Waals surface area contributed by atoms with E-state index in [9.17, 15) is 4.79 Å². The van der Waals surface area contributed by atoms with E-state index in [0.29, 0.717) is 39.5 Å². The molecule has 120 valence electrons. The summed E-state index contributed by atoms with van der Waals surface area (Å²) in [5.41, 5.74) is 5.80. The van der Waals surface area contributed by atoms with Crippen molar-refractivity contribution in [3.63, 3.8) is 0 Å². The smallest absolute Gasteiger partial charge is 0.322 e. The van der Waals surface area contributed by atoms with Gasteiger partial charge in [-0.15, -0.1) is 0 Å². The van der Waals surface area contributed by atoms with Crippen LogP contribution in [0.2, 0.25) is 0 Å². The van der Waals surface area contributed by atoms with Crippen molar-refractivity contribution in [3.8, 4) is 0 Å². The molecule has 0 rings (SSSR count). The van der Waals surface area contributed by atoms with Crippen molar-refractivity contribution >= 4 is 5.97 Å². The summed E-state index contributed by atoms with van der Waals surface area (Å²) >= 11 is 0. The molecule has 0 bridgehead atoms. The zero-order valence-electron chi connectivity index (χ0n) is 13.1. The number of carbonyl (C=O) groups excluding carboxylic acids is 1. The molecule has 0 heterocycles. The van der Waals surface area contributed by atoms with E-state index in [2.05, 4.69) is 4.90 Å². The molecule has 6 nitrogen and oxygen atoms in total. The normalized spacial score (nSPS) is 12.7. The first-order valence-corrected chi connectivity index (χ1v) is 7.45. The zero-order valence-corrected chi connectivity index (χ0v) is 13.1. The maximum Gasteiger partial charge on any atom is 0.322 e. The first-order valence-electron chi connectivity index (χ1n) is 7.45. The molecule has 0 aromatic heterocycles. The van der Waals surface area contributed by atoms with Gasteiger partial charge in [0.05, 0.1) is 19.8 Å². The standard InChI is InChI=1S/C14H30N2O4/c1-4-18-11-9-16(10-12-19-5-2)8-7-13(15)14(17)20-6-3/h13H,4-12,15H2,1-3H3. The van der Waals surface area contributed by atoms with E-state index in [4.69, 9.17) is 19.9 Å². The Labute approximate surface area is 122 Å². The fraction of sp³-hybridized carbons (Fsp3) is 0.929. The zero-order chi connectivity index (χ0) is 15.2. The number of nitrogens with two attached hydrogens (primary N) is 1. The van der Waals surface area contributed by atoms with Crippen LogP contribution in [0.3, 0.4) is 0 Å². The monoisotopic (exact) mass is 290 g/mol. The average Bonchev–Trinajstić information content (AvgIpc) is 2.44. The molecule has 0 saturated carbocycles. The maximum absolute atomic E-state index is 11.5. The third-order valence-corrected chi connectivity index (χ3v) is 2.86. The highest BCUT2D eigenvalue weighted by Crippen LogP contribution is 1.98. The van der Waals surface area contributed by atoms with Crippen molar-refractivity contribution in [2.75, 3.05) is 52.7 Å². The summed E-state index contributed by atoms with van der Waals surface area (Å²) in [6, 6.07) is -0.559. The topological polar surface area (TPSA) is 74.0 Å². The molecule has 6 heteroatoms. The largest absolute Gasteiger partial charge is 0.465 e. The highest BCUT2D eigenvalue weighted by molar-refractivity contribution is 5.75. The molecule has 0 aromatic carbocycles. The van der Waals surface area contributed by atoms with Crippen LogP contribution in [0.25, 0.3) is 0 Å². The van der Waals surface area contributed by atoms with E-state index >= 15 is 0 Å². The van der Waals surface area contributed by atoms with Crippen LogP contribution >= 0.6 is 0 Å². The molecule has 20 heavy (non-hydrogen) atoms. The van der Waals surface area contributed by atoms with Crippen LogP contribution in [-0.4, -0.2) is 69.6 Å². The van der Waals surface area contributed by atoms with Crippen molar-refractivity contribution in [1.29, 1.82) is 0 Å². The minimum Gasteiger partial charge on any atom is -0.465 e. The number of hydrogen-bond acceptors (Lipinski definition) is 6. The van der Waals surface area contributed by atoms with Gasteiger partial charge in [0.1, 0.15) is 6.04 Å². The number of esters is 1. The number of nitrogens with zero attached hydrogens (tertiary/aromatic N) is 1. The molecule has 0 aromatic rings. The van der Waals surface area contributed by atoms with Crippen molar-refractivity contribution in [2.45, 2.75) is 33.2 Å². The van der Waals surface area contributed by atoms with Gasteiger partial charge in [0, 0.05) is 32.8 Å². The van der Waals surface area contributed by atoms with Crippen molar-refractivity contribution in [1.82, 2.24) is 4.90 Å². The molecule has 0 aliphatic heterocycles. The Balaban J connectivity index is 4.01. The number of rotatable bonds is 13. The molecule has 0 fully saturated rings. The molecule has 1 unspecified atom stereocenters. The lowest BCUT2D eigenvalue weighted by Gasteiger charge is -2.23. The van der Waals surface area contributed by atoms with E-state index < -0.39 is 6.04 Å². The molecule has 0 aliphatic carbocycles. The minimum absolute atomic E-state index is 0.331. The molecule has 0 saturated heterocycles. The van der Waals surface area contributed by atoms with Crippen molar-refractivity contribution in [3.05, 3.63) is 0 Å². The van der Waals surface area contributed by atoms with Crippen molar-refractivity contribution in [2.24, 2.45) is 5.73 Å². The second kappa shape index (κ2) is 13.3. The summed E-state index contributed by atoms with van der Waals surface area (Å²) < 4.78 is 15.6. The summed E-state index contributed by atoms with van der Waals surface area (Å²) in [5, 5.41) is 0. The van der Waals surface area contributed by atoms with Crippen LogP contribution < -0.4 is 5.73 Å². The fourth-order valence-electron chi connectivity index (χ4n) is 1.70. The Morgan fingerprint density at radius 3 is 2.00 bits per heavy atom. The predicted molar refractivity (Wildman–Crippen MR) is 78.7 cm³/mol. The average molecular weight is 290 g/mol. The van der Waals surface area contributed by atoms with Crippen LogP contribution in [-0.2, 0) is 19.0 Å². The van der Waals surface area contributed by atoms with Gasteiger partial charge >= 0.3 is 5.97 Å². The number of ether oxygens (including phenoxy) is 3. The van der Waals surface area contributed by atoms with Crippen molar-refractivity contribution < 1.29 is 19.0 Å². The molecular weight excluding hydrogens is 260 g/mol. The number of carbonyl (C=O) groups is 1. The van der Waals surface area contributed by atoms with Gasteiger partial charge in [-0.05, 0) is 27.2 Å². The minimum atomic E-state index is -0.559. The fourth-order valence-corrected chi connectivity index (χ4v) is 1.70. The van der Waals surface area contributed by atoms with Crippen LogP contribution in [0.15, 0.2) is 0 Å². The maximum atomic E-state index is 11.5. The highest BCUT2D eigenvalue weighted by atomic mass is 16.5. The molecule has 0 aliphatic rings. The SMILES string of the molecule is CCOCCN(CCOCC)CCC(N)C(=O)OCC. The Bertz CT molecular complexity index is 229. The van der Waals surface area contributed by atoms with Gasteiger partial charge in [0.2, 0.25) is 0 Å². The van der Waals surface area contributed by atoms with E-state index in [1.165, 1.54) is 0 Å². The quantitative estimate of drug-likeness (QED) is 0.396. The summed E-state index contributed by atoms with van der Waals surface area (Å²) in [6.07, 6.45) is 0.580. The molecule has 0 radical (unpaired) electrons. The van der Waals surface area contributed by atoms with Gasteiger partial charge in [-0.3, -0.25) is 9.69 Å². The first kappa shape index (κ1) is 19.3. The van der Waals surface area contributed by atoms with Gasteiger partial charge in [0.25, 0.3) is 0 Å². The molecule has 0 spiro atoms. The van der Waals surface area contributed by atoms with E-state index in [-0.39, 0.29) is 5.97 Å². The molecule has 2 N–H and O–H groups in total. The van der Waals surface area contributed by atoms with Crippen LogP contribution in [0, 0.1) is 0 Å². The lowest BCUT2D eigenvalue weighted by Crippen LogP contribution is -2.39. The third kappa shape index (κ3) is 10.1.